The number of hydrogen-bond donors (Lipinski definition) is 1. The maximum atomic E-state index is 12.9. The number of thiophene rings is 1. The van der Waals surface area contributed by atoms with Gasteiger partial charge in [-0.15, -0.1) is 11.3 Å². The molecule has 0 saturated carbocycles. The van der Waals surface area contributed by atoms with Gasteiger partial charge < -0.3 is 15.4 Å². The van der Waals surface area contributed by atoms with Crippen LogP contribution in [-0.4, -0.2) is 41.9 Å². The summed E-state index contributed by atoms with van der Waals surface area (Å²) in [5, 5.41) is 0. The number of carbonyl (C=O) groups is 3. The molecule has 6 nitrogen and oxygen atoms in total. The maximum Gasteiger partial charge on any atom is 0.349 e. The Hall–Kier alpha value is -1.89. The molecule has 0 bridgehead atoms. The van der Waals surface area contributed by atoms with Crippen LogP contribution >= 0.6 is 11.3 Å². The van der Waals surface area contributed by atoms with Gasteiger partial charge in [0.25, 0.3) is 5.91 Å². The predicted molar refractivity (Wildman–Crippen MR) is 98.9 cm³/mol. The van der Waals surface area contributed by atoms with Crippen LogP contribution in [-0.2, 0) is 27.2 Å². The maximum absolute atomic E-state index is 12.9. The summed E-state index contributed by atoms with van der Waals surface area (Å²) in [5.41, 5.74) is 6.63. The molecule has 0 radical (unpaired) electrons. The van der Waals surface area contributed by atoms with E-state index in [9.17, 15) is 14.4 Å². The van der Waals surface area contributed by atoms with E-state index in [2.05, 4.69) is 0 Å². The number of nitrogens with two attached hydrogens (primary N) is 1. The van der Waals surface area contributed by atoms with E-state index < -0.39 is 12.1 Å². The average molecular weight is 378 g/mol. The lowest BCUT2D eigenvalue weighted by molar-refractivity contribution is -0.145. The standard InChI is InChI=1S/C19H26N2O4S/c1-11(2)16(18(23)21-8-4-6-13(10-21)17(20)22)25-19(24)15-9-12-5-3-7-14(12)26-15/h9,11,13,16H,3-8,10H2,1-2H3,(H2,20,22)/t13-,16+/m1/s1. The number of rotatable bonds is 5. The van der Waals surface area contributed by atoms with E-state index in [0.29, 0.717) is 24.4 Å². The molecule has 142 valence electrons. The molecule has 1 saturated heterocycles. The third-order valence-electron chi connectivity index (χ3n) is 5.17. The number of primary amides is 1. The number of likely N-dealkylation sites (tertiary alicyclic amines) is 1. The number of carbonyl (C=O) groups excluding carboxylic acids is 3. The lowest BCUT2D eigenvalue weighted by Crippen LogP contribution is -2.50. The zero-order valence-electron chi connectivity index (χ0n) is 15.3. The molecule has 1 fully saturated rings. The zero-order valence-corrected chi connectivity index (χ0v) is 16.1. The lowest BCUT2D eigenvalue weighted by Gasteiger charge is -2.34. The molecule has 1 aliphatic heterocycles. The van der Waals surface area contributed by atoms with Crippen molar-refractivity contribution in [3.8, 4) is 0 Å². The van der Waals surface area contributed by atoms with Gasteiger partial charge in [0.15, 0.2) is 6.10 Å². The molecule has 0 unspecified atom stereocenters. The van der Waals surface area contributed by atoms with Crippen LogP contribution in [0.1, 0.15) is 53.2 Å². The highest BCUT2D eigenvalue weighted by atomic mass is 32.1. The van der Waals surface area contributed by atoms with E-state index in [1.165, 1.54) is 21.8 Å². The molecule has 0 aromatic carbocycles. The second-order valence-electron chi connectivity index (χ2n) is 7.51. The monoisotopic (exact) mass is 378 g/mol. The van der Waals surface area contributed by atoms with Crippen molar-refractivity contribution in [2.75, 3.05) is 13.1 Å². The third-order valence-corrected chi connectivity index (χ3v) is 6.38. The summed E-state index contributed by atoms with van der Waals surface area (Å²) >= 11 is 1.47. The van der Waals surface area contributed by atoms with E-state index in [0.717, 1.165) is 25.7 Å². The number of hydrogen-bond acceptors (Lipinski definition) is 5. The molecule has 0 spiro atoms. The molecule has 2 atom stereocenters. The number of amides is 2. The van der Waals surface area contributed by atoms with Crippen molar-refractivity contribution < 1.29 is 19.1 Å². The smallest absolute Gasteiger partial charge is 0.349 e. The lowest BCUT2D eigenvalue weighted by atomic mass is 9.96. The second kappa shape index (κ2) is 7.78. The van der Waals surface area contributed by atoms with Crippen LogP contribution in [0.3, 0.4) is 0 Å². The van der Waals surface area contributed by atoms with Gasteiger partial charge in [-0.2, -0.15) is 0 Å². The first-order chi connectivity index (χ1) is 12.4. The molecule has 26 heavy (non-hydrogen) atoms. The van der Waals surface area contributed by atoms with Crippen LogP contribution in [0.4, 0.5) is 0 Å². The molecule has 2 heterocycles. The highest BCUT2D eigenvalue weighted by Crippen LogP contribution is 2.31. The number of fused-ring (bicyclic) bond motifs is 1. The minimum absolute atomic E-state index is 0.146. The molecule has 1 aromatic heterocycles. The summed E-state index contributed by atoms with van der Waals surface area (Å²) < 4.78 is 5.61. The Morgan fingerprint density at radius 1 is 1.27 bits per heavy atom. The quantitative estimate of drug-likeness (QED) is 0.795. The molecule has 1 aromatic rings. The van der Waals surface area contributed by atoms with Crippen molar-refractivity contribution in [2.24, 2.45) is 17.6 Å². The average Bonchev–Trinajstić information content (AvgIpc) is 3.20. The Balaban J connectivity index is 1.68. The van der Waals surface area contributed by atoms with Crippen molar-refractivity contribution in [2.45, 2.75) is 52.1 Å². The number of ether oxygens (including phenoxy) is 1. The van der Waals surface area contributed by atoms with E-state index in [1.54, 1.807) is 4.90 Å². The molecule has 1 aliphatic carbocycles. The van der Waals surface area contributed by atoms with E-state index in [-0.39, 0.29) is 23.7 Å². The summed E-state index contributed by atoms with van der Waals surface area (Å²) in [4.78, 5) is 40.4. The minimum atomic E-state index is -0.842. The van der Waals surface area contributed by atoms with Gasteiger partial charge in [-0.25, -0.2) is 4.79 Å². The summed E-state index contributed by atoms with van der Waals surface area (Å²) in [6.45, 7) is 4.60. The number of piperidine rings is 1. The zero-order chi connectivity index (χ0) is 18.8. The summed E-state index contributed by atoms with van der Waals surface area (Å²) in [6.07, 6.45) is 3.75. The Morgan fingerprint density at radius 2 is 2.04 bits per heavy atom. The van der Waals surface area contributed by atoms with Crippen LogP contribution in [0.15, 0.2) is 6.07 Å². The van der Waals surface area contributed by atoms with Crippen LogP contribution < -0.4 is 5.73 Å². The van der Waals surface area contributed by atoms with Gasteiger partial charge in [0, 0.05) is 18.0 Å². The molecule has 7 heteroatoms. The third kappa shape index (κ3) is 3.92. The predicted octanol–water partition coefficient (Wildman–Crippen LogP) is 2.14. The van der Waals surface area contributed by atoms with Crippen LogP contribution in [0.5, 0.6) is 0 Å². The van der Waals surface area contributed by atoms with Crippen molar-refractivity contribution >= 4 is 29.1 Å². The second-order valence-corrected chi connectivity index (χ2v) is 8.65. The topological polar surface area (TPSA) is 89.7 Å². The van der Waals surface area contributed by atoms with E-state index in [1.807, 2.05) is 19.9 Å². The molecule has 2 aliphatic rings. The molecule has 2 N–H and O–H groups in total. The first kappa shape index (κ1) is 18.9. The Morgan fingerprint density at radius 3 is 2.69 bits per heavy atom. The van der Waals surface area contributed by atoms with Gasteiger partial charge in [0.1, 0.15) is 4.88 Å². The highest BCUT2D eigenvalue weighted by Gasteiger charge is 2.35. The van der Waals surface area contributed by atoms with Crippen molar-refractivity contribution in [1.82, 2.24) is 4.90 Å². The highest BCUT2D eigenvalue weighted by molar-refractivity contribution is 7.14. The summed E-state index contributed by atoms with van der Waals surface area (Å²) in [6, 6.07) is 1.90. The number of aryl methyl sites for hydroxylation is 2. The van der Waals surface area contributed by atoms with Crippen molar-refractivity contribution in [1.29, 1.82) is 0 Å². The molecular formula is C19H26N2O4S. The van der Waals surface area contributed by atoms with Crippen LogP contribution in [0.25, 0.3) is 0 Å². The molecule has 2 amide bonds. The minimum Gasteiger partial charge on any atom is -0.448 e. The van der Waals surface area contributed by atoms with Crippen molar-refractivity contribution in [3.63, 3.8) is 0 Å². The van der Waals surface area contributed by atoms with Gasteiger partial charge >= 0.3 is 5.97 Å². The van der Waals surface area contributed by atoms with Crippen LogP contribution in [0.2, 0.25) is 0 Å². The van der Waals surface area contributed by atoms with Gasteiger partial charge in [-0.1, -0.05) is 13.8 Å². The number of nitrogens with zero attached hydrogens (tertiary/aromatic N) is 1. The first-order valence-corrected chi connectivity index (χ1v) is 10.1. The normalized spacial score (nSPS) is 20.7. The van der Waals surface area contributed by atoms with Gasteiger partial charge in [0.05, 0.1) is 5.92 Å². The molecule has 3 rings (SSSR count). The fourth-order valence-corrected chi connectivity index (χ4v) is 4.80. The van der Waals surface area contributed by atoms with Gasteiger partial charge in [-0.3, -0.25) is 9.59 Å². The summed E-state index contributed by atoms with van der Waals surface area (Å²) in [7, 11) is 0. The van der Waals surface area contributed by atoms with E-state index in [4.69, 9.17) is 10.5 Å². The van der Waals surface area contributed by atoms with Crippen LogP contribution in [0, 0.1) is 11.8 Å². The Bertz CT molecular complexity index is 691. The Labute approximate surface area is 157 Å². The number of esters is 1. The summed E-state index contributed by atoms with van der Waals surface area (Å²) in [5.74, 6) is -1.51. The Kier molecular flexibility index (Phi) is 5.65. The van der Waals surface area contributed by atoms with Gasteiger partial charge in [0.2, 0.25) is 5.91 Å². The van der Waals surface area contributed by atoms with E-state index >= 15 is 0 Å². The fraction of sp³-hybridized carbons (Fsp3) is 0.632. The molecular weight excluding hydrogens is 352 g/mol. The van der Waals surface area contributed by atoms with Gasteiger partial charge in [-0.05, 0) is 49.7 Å². The first-order valence-electron chi connectivity index (χ1n) is 9.27. The van der Waals surface area contributed by atoms with Crippen molar-refractivity contribution in [3.05, 3.63) is 21.4 Å². The SMILES string of the molecule is CC(C)[C@H](OC(=O)c1cc2c(s1)CCC2)C(=O)N1CCC[C@@H](C(N)=O)C1. The largest absolute Gasteiger partial charge is 0.448 e. The fourth-order valence-electron chi connectivity index (χ4n) is 3.66.